The molecule has 0 aliphatic rings. The van der Waals surface area contributed by atoms with Gasteiger partial charge in [-0.25, -0.2) is 0 Å². The van der Waals surface area contributed by atoms with Gasteiger partial charge in [-0.2, -0.15) is 0 Å². The molecule has 18 heavy (non-hydrogen) atoms. The van der Waals surface area contributed by atoms with Crippen molar-refractivity contribution in [3.8, 4) is 0 Å². The summed E-state index contributed by atoms with van der Waals surface area (Å²) in [6.45, 7) is 6.15. The van der Waals surface area contributed by atoms with E-state index in [0.717, 1.165) is 19.6 Å². The average molecular weight is 249 g/mol. The Morgan fingerprint density at radius 3 is 2.33 bits per heavy atom. The first-order chi connectivity index (χ1) is 8.80. The summed E-state index contributed by atoms with van der Waals surface area (Å²) in [5, 5.41) is 3.58. The normalized spacial score (nSPS) is 12.6. The van der Waals surface area contributed by atoms with Crippen LogP contribution in [0, 0.1) is 0 Å². The zero-order valence-corrected chi connectivity index (χ0v) is 12.0. The number of aryl methyl sites for hydroxylation is 1. The molecule has 102 valence electrons. The van der Waals surface area contributed by atoms with Crippen LogP contribution in [0.3, 0.4) is 0 Å². The van der Waals surface area contributed by atoms with Gasteiger partial charge in [0.1, 0.15) is 0 Å². The van der Waals surface area contributed by atoms with Gasteiger partial charge in [-0.05, 0) is 24.0 Å². The fourth-order valence-electron chi connectivity index (χ4n) is 2.05. The summed E-state index contributed by atoms with van der Waals surface area (Å²) in [6, 6.07) is 9.34. The summed E-state index contributed by atoms with van der Waals surface area (Å²) in [6.07, 6.45) is 4.80. The topological polar surface area (TPSA) is 21.3 Å². The monoisotopic (exact) mass is 249 g/mol. The minimum Gasteiger partial charge on any atom is -0.383 e. The van der Waals surface area contributed by atoms with E-state index in [1.165, 1.54) is 30.4 Å². The Kier molecular flexibility index (Phi) is 7.70. The van der Waals surface area contributed by atoms with E-state index >= 15 is 0 Å². The highest BCUT2D eigenvalue weighted by Crippen LogP contribution is 2.07. The minimum absolute atomic E-state index is 0.473. The number of nitrogens with one attached hydrogen (secondary N) is 1. The van der Waals surface area contributed by atoms with E-state index in [1.54, 1.807) is 7.11 Å². The largest absolute Gasteiger partial charge is 0.383 e. The summed E-state index contributed by atoms with van der Waals surface area (Å²) < 4.78 is 5.26. The number of rotatable bonds is 9. The summed E-state index contributed by atoms with van der Waals surface area (Å²) in [4.78, 5) is 0. The van der Waals surface area contributed by atoms with Gasteiger partial charge < -0.3 is 10.1 Å². The predicted molar refractivity (Wildman–Crippen MR) is 77.8 cm³/mol. The van der Waals surface area contributed by atoms with Crippen molar-refractivity contribution < 1.29 is 4.74 Å². The first kappa shape index (κ1) is 15.2. The lowest BCUT2D eigenvalue weighted by molar-refractivity contribution is 0.160. The lowest BCUT2D eigenvalue weighted by Gasteiger charge is -2.17. The van der Waals surface area contributed by atoms with Crippen molar-refractivity contribution in [3.05, 3.63) is 35.4 Å². The summed E-state index contributed by atoms with van der Waals surface area (Å²) in [5.41, 5.74) is 2.75. The molecule has 0 fully saturated rings. The van der Waals surface area contributed by atoms with Crippen molar-refractivity contribution in [2.45, 2.75) is 52.1 Å². The minimum atomic E-state index is 0.473. The second-order valence-electron chi connectivity index (χ2n) is 4.85. The zero-order valence-electron chi connectivity index (χ0n) is 12.0. The lowest BCUT2D eigenvalue weighted by atomic mass is 10.1. The van der Waals surface area contributed by atoms with Crippen LogP contribution >= 0.6 is 0 Å². The molecule has 0 saturated carbocycles. The Morgan fingerprint density at radius 2 is 1.78 bits per heavy atom. The number of hydrogen-bond acceptors (Lipinski definition) is 2. The second kappa shape index (κ2) is 9.12. The molecule has 0 radical (unpaired) electrons. The third-order valence-electron chi connectivity index (χ3n) is 3.30. The molecule has 0 aliphatic heterocycles. The van der Waals surface area contributed by atoms with E-state index in [1.807, 2.05) is 0 Å². The smallest absolute Gasteiger partial charge is 0.0615 e. The van der Waals surface area contributed by atoms with Crippen LogP contribution in [0.5, 0.6) is 0 Å². The van der Waals surface area contributed by atoms with Gasteiger partial charge in [-0.3, -0.25) is 0 Å². The van der Waals surface area contributed by atoms with Gasteiger partial charge in [0.15, 0.2) is 0 Å². The number of benzene rings is 1. The molecule has 0 saturated heterocycles. The lowest BCUT2D eigenvalue weighted by Crippen LogP contribution is -2.32. The molecule has 0 aliphatic carbocycles. The quantitative estimate of drug-likeness (QED) is 0.722. The molecule has 0 aromatic heterocycles. The van der Waals surface area contributed by atoms with Gasteiger partial charge >= 0.3 is 0 Å². The van der Waals surface area contributed by atoms with E-state index in [2.05, 4.69) is 43.4 Å². The molecular formula is C16H27NO. The molecule has 1 atom stereocenters. The van der Waals surface area contributed by atoms with Gasteiger partial charge in [-0.15, -0.1) is 0 Å². The van der Waals surface area contributed by atoms with Crippen molar-refractivity contribution >= 4 is 0 Å². The van der Waals surface area contributed by atoms with Crippen LogP contribution in [0.2, 0.25) is 0 Å². The zero-order chi connectivity index (χ0) is 13.2. The third kappa shape index (κ3) is 5.65. The predicted octanol–water partition coefficient (Wildman–Crippen LogP) is 3.54. The molecule has 2 heteroatoms. The standard InChI is InChI=1S/C16H27NO/c1-4-6-7-16(13-18-3)17-12-15-10-8-14(5-2)9-11-15/h8-11,16-17H,4-7,12-13H2,1-3H3/t16-/m0/s1. The van der Waals surface area contributed by atoms with Crippen molar-refractivity contribution in [1.29, 1.82) is 0 Å². The van der Waals surface area contributed by atoms with E-state index in [4.69, 9.17) is 4.74 Å². The Morgan fingerprint density at radius 1 is 1.11 bits per heavy atom. The van der Waals surface area contributed by atoms with Crippen LogP contribution in [0.15, 0.2) is 24.3 Å². The maximum atomic E-state index is 5.26. The van der Waals surface area contributed by atoms with E-state index < -0.39 is 0 Å². The highest BCUT2D eigenvalue weighted by molar-refractivity contribution is 5.22. The number of unbranched alkanes of at least 4 members (excludes halogenated alkanes) is 1. The van der Waals surface area contributed by atoms with Gasteiger partial charge in [0.25, 0.3) is 0 Å². The first-order valence-electron chi connectivity index (χ1n) is 7.10. The maximum Gasteiger partial charge on any atom is 0.0615 e. The molecule has 2 nitrogen and oxygen atoms in total. The summed E-state index contributed by atoms with van der Waals surface area (Å²) in [7, 11) is 1.77. The second-order valence-corrected chi connectivity index (χ2v) is 4.85. The molecule has 0 spiro atoms. The van der Waals surface area contributed by atoms with E-state index in [-0.39, 0.29) is 0 Å². The highest BCUT2D eigenvalue weighted by atomic mass is 16.5. The molecular weight excluding hydrogens is 222 g/mol. The van der Waals surface area contributed by atoms with Gasteiger partial charge in [0.05, 0.1) is 6.61 Å². The molecule has 1 rings (SSSR count). The van der Waals surface area contributed by atoms with Crippen LogP contribution in [-0.4, -0.2) is 19.8 Å². The van der Waals surface area contributed by atoms with Crippen LogP contribution in [0.25, 0.3) is 0 Å². The molecule has 0 unspecified atom stereocenters. The maximum absolute atomic E-state index is 5.26. The van der Waals surface area contributed by atoms with Crippen molar-refractivity contribution in [3.63, 3.8) is 0 Å². The molecule has 0 heterocycles. The van der Waals surface area contributed by atoms with Crippen LogP contribution < -0.4 is 5.32 Å². The Labute approximate surface area is 112 Å². The molecule has 1 aromatic carbocycles. The third-order valence-corrected chi connectivity index (χ3v) is 3.30. The average Bonchev–Trinajstić information content (AvgIpc) is 2.42. The molecule has 1 N–H and O–H groups in total. The molecule has 0 bridgehead atoms. The number of ether oxygens (including phenoxy) is 1. The van der Waals surface area contributed by atoms with Crippen LogP contribution in [0.1, 0.15) is 44.2 Å². The fraction of sp³-hybridized carbons (Fsp3) is 0.625. The van der Waals surface area contributed by atoms with E-state index in [0.29, 0.717) is 6.04 Å². The number of hydrogen-bond donors (Lipinski definition) is 1. The highest BCUT2D eigenvalue weighted by Gasteiger charge is 2.06. The Hall–Kier alpha value is -0.860. The van der Waals surface area contributed by atoms with Crippen LogP contribution in [-0.2, 0) is 17.7 Å². The summed E-state index contributed by atoms with van der Waals surface area (Å²) >= 11 is 0. The fourth-order valence-corrected chi connectivity index (χ4v) is 2.05. The van der Waals surface area contributed by atoms with Gasteiger partial charge in [0, 0.05) is 19.7 Å². The first-order valence-corrected chi connectivity index (χ1v) is 7.10. The van der Waals surface area contributed by atoms with E-state index in [9.17, 15) is 0 Å². The van der Waals surface area contributed by atoms with Crippen molar-refractivity contribution in [2.24, 2.45) is 0 Å². The van der Waals surface area contributed by atoms with Crippen molar-refractivity contribution in [1.82, 2.24) is 5.32 Å². The summed E-state index contributed by atoms with van der Waals surface area (Å²) in [5.74, 6) is 0. The Balaban J connectivity index is 2.39. The number of methoxy groups -OCH3 is 1. The SMILES string of the molecule is CCCC[C@@H](COC)NCc1ccc(CC)cc1. The molecule has 1 aromatic rings. The molecule has 0 amide bonds. The van der Waals surface area contributed by atoms with Gasteiger partial charge in [0.2, 0.25) is 0 Å². The van der Waals surface area contributed by atoms with Crippen LogP contribution in [0.4, 0.5) is 0 Å². The van der Waals surface area contributed by atoms with Crippen molar-refractivity contribution in [2.75, 3.05) is 13.7 Å². The van der Waals surface area contributed by atoms with Gasteiger partial charge in [-0.1, -0.05) is 51.0 Å². The Bertz CT molecular complexity index is 307.